The van der Waals surface area contributed by atoms with Gasteiger partial charge in [0.25, 0.3) is 5.56 Å². The molecule has 0 saturated carbocycles. The second-order valence-electron chi connectivity index (χ2n) is 6.01. The van der Waals surface area contributed by atoms with Crippen molar-refractivity contribution in [3.05, 3.63) is 45.4 Å². The molecule has 0 bridgehead atoms. The largest absolute Gasteiger partial charge is 0.370 e. The molecule has 1 aliphatic rings. The third-order valence-electron chi connectivity index (χ3n) is 4.41. The van der Waals surface area contributed by atoms with E-state index < -0.39 is 0 Å². The van der Waals surface area contributed by atoms with E-state index in [2.05, 4.69) is 31.2 Å². The van der Waals surface area contributed by atoms with Crippen LogP contribution in [-0.2, 0) is 11.3 Å². The Morgan fingerprint density at radius 2 is 1.96 bits per heavy atom. The van der Waals surface area contributed by atoms with Crippen molar-refractivity contribution in [2.24, 2.45) is 0 Å². The molecular formula is C16H18BrN6O2+. The lowest BCUT2D eigenvalue weighted by Gasteiger charge is -2.23. The van der Waals surface area contributed by atoms with Crippen molar-refractivity contribution in [3.8, 4) is 5.69 Å². The minimum absolute atomic E-state index is 0.152. The van der Waals surface area contributed by atoms with Crippen LogP contribution in [0.2, 0.25) is 0 Å². The highest BCUT2D eigenvalue weighted by atomic mass is 79.9. The summed E-state index contributed by atoms with van der Waals surface area (Å²) in [5, 5.41) is 8.15. The van der Waals surface area contributed by atoms with E-state index in [-0.39, 0.29) is 5.56 Å². The fraction of sp³-hybridized carbons (Fsp3) is 0.375. The first-order chi connectivity index (χ1) is 12.2. The lowest BCUT2D eigenvalue weighted by molar-refractivity contribution is -0.908. The van der Waals surface area contributed by atoms with Crippen LogP contribution in [0, 0.1) is 0 Å². The summed E-state index contributed by atoms with van der Waals surface area (Å²) in [4.78, 5) is 18.5. The van der Waals surface area contributed by atoms with Gasteiger partial charge in [-0.05, 0) is 24.3 Å². The van der Waals surface area contributed by atoms with Crippen molar-refractivity contribution in [1.82, 2.24) is 24.5 Å². The van der Waals surface area contributed by atoms with E-state index >= 15 is 0 Å². The minimum atomic E-state index is -0.152. The first-order valence-corrected chi connectivity index (χ1v) is 9.00. The van der Waals surface area contributed by atoms with Crippen molar-refractivity contribution >= 4 is 27.1 Å². The molecule has 1 N–H and O–H groups in total. The predicted octanol–water partition coefficient (Wildman–Crippen LogP) is -0.345. The van der Waals surface area contributed by atoms with E-state index in [9.17, 15) is 4.79 Å². The number of rotatable bonds is 4. The molecule has 3 heterocycles. The van der Waals surface area contributed by atoms with Crippen molar-refractivity contribution < 1.29 is 9.64 Å². The lowest BCUT2D eigenvalue weighted by Crippen LogP contribution is -3.14. The molecule has 130 valence electrons. The molecule has 2 aromatic heterocycles. The number of nitrogens with one attached hydrogen (secondary N) is 1. The SMILES string of the molecule is O=c1c2nnn(-c3ccc(Br)cc3)c2ncn1CC[NH+]1CCOCC1. The Labute approximate surface area is 152 Å². The fourth-order valence-electron chi connectivity index (χ4n) is 2.95. The number of halogens is 1. The molecule has 0 unspecified atom stereocenters. The van der Waals surface area contributed by atoms with Gasteiger partial charge in [0.05, 0.1) is 32.0 Å². The summed E-state index contributed by atoms with van der Waals surface area (Å²) in [5.41, 5.74) is 1.43. The maximum Gasteiger partial charge on any atom is 0.283 e. The van der Waals surface area contributed by atoms with Crippen molar-refractivity contribution in [2.45, 2.75) is 6.54 Å². The Morgan fingerprint density at radius 1 is 1.20 bits per heavy atom. The van der Waals surface area contributed by atoms with Crippen molar-refractivity contribution in [2.75, 3.05) is 32.8 Å². The van der Waals surface area contributed by atoms with E-state index in [4.69, 9.17) is 4.74 Å². The highest BCUT2D eigenvalue weighted by Crippen LogP contribution is 2.15. The molecule has 1 fully saturated rings. The first-order valence-electron chi connectivity index (χ1n) is 8.20. The molecule has 3 aromatic rings. The average Bonchev–Trinajstić information content (AvgIpc) is 3.08. The zero-order chi connectivity index (χ0) is 17.2. The summed E-state index contributed by atoms with van der Waals surface area (Å²) in [6.45, 7) is 5.00. The number of morpholine rings is 1. The van der Waals surface area contributed by atoms with E-state index in [1.807, 2.05) is 24.3 Å². The average molecular weight is 406 g/mol. The zero-order valence-electron chi connectivity index (χ0n) is 13.6. The summed E-state index contributed by atoms with van der Waals surface area (Å²) in [5.74, 6) is 0. The van der Waals surface area contributed by atoms with Crippen LogP contribution >= 0.6 is 15.9 Å². The Kier molecular flexibility index (Phi) is 4.60. The Balaban J connectivity index is 1.60. The number of ether oxygens (including phenoxy) is 1. The van der Waals surface area contributed by atoms with Crippen LogP contribution in [0.25, 0.3) is 16.9 Å². The van der Waals surface area contributed by atoms with Crippen LogP contribution in [0.1, 0.15) is 0 Å². The highest BCUT2D eigenvalue weighted by Gasteiger charge is 2.16. The Hall–Kier alpha value is -2.10. The highest BCUT2D eigenvalue weighted by molar-refractivity contribution is 9.10. The van der Waals surface area contributed by atoms with Gasteiger partial charge in [-0.3, -0.25) is 9.36 Å². The van der Waals surface area contributed by atoms with Gasteiger partial charge in [0, 0.05) is 4.47 Å². The molecular weight excluding hydrogens is 388 g/mol. The Morgan fingerprint density at radius 3 is 2.72 bits per heavy atom. The molecule has 0 spiro atoms. The number of fused-ring (bicyclic) bond motifs is 1. The summed E-state index contributed by atoms with van der Waals surface area (Å²) in [7, 11) is 0. The van der Waals surface area contributed by atoms with Gasteiger partial charge in [0.15, 0.2) is 11.2 Å². The maximum atomic E-state index is 12.7. The molecule has 1 saturated heterocycles. The molecule has 1 aliphatic heterocycles. The van der Waals surface area contributed by atoms with E-state index in [1.165, 1.54) is 4.90 Å². The second kappa shape index (κ2) is 7.03. The minimum Gasteiger partial charge on any atom is -0.370 e. The van der Waals surface area contributed by atoms with Crippen molar-refractivity contribution in [3.63, 3.8) is 0 Å². The van der Waals surface area contributed by atoms with Gasteiger partial charge in [-0.15, -0.1) is 5.10 Å². The van der Waals surface area contributed by atoms with Gasteiger partial charge >= 0.3 is 0 Å². The van der Waals surface area contributed by atoms with Gasteiger partial charge in [-0.2, -0.15) is 4.68 Å². The number of quaternary nitrogens is 1. The Bertz CT molecular complexity index is 930. The van der Waals surface area contributed by atoms with Gasteiger partial charge < -0.3 is 9.64 Å². The third kappa shape index (κ3) is 3.35. The molecule has 8 nitrogen and oxygen atoms in total. The molecule has 0 aliphatic carbocycles. The number of nitrogens with zero attached hydrogens (tertiary/aromatic N) is 5. The van der Waals surface area contributed by atoms with Crippen LogP contribution in [0.5, 0.6) is 0 Å². The van der Waals surface area contributed by atoms with Gasteiger partial charge in [0.2, 0.25) is 0 Å². The van der Waals surface area contributed by atoms with E-state index in [0.717, 1.165) is 43.0 Å². The topological polar surface area (TPSA) is 79.3 Å². The molecule has 0 atom stereocenters. The van der Waals surface area contributed by atoms with Crippen LogP contribution in [-0.4, -0.2) is 57.4 Å². The number of hydrogen-bond acceptors (Lipinski definition) is 5. The summed E-state index contributed by atoms with van der Waals surface area (Å²) in [6.07, 6.45) is 1.59. The lowest BCUT2D eigenvalue weighted by atomic mass is 10.3. The summed E-state index contributed by atoms with van der Waals surface area (Å²) in [6, 6.07) is 7.62. The molecule has 9 heteroatoms. The van der Waals surface area contributed by atoms with Gasteiger partial charge in [-0.1, -0.05) is 21.1 Å². The predicted molar refractivity (Wildman–Crippen MR) is 95.0 cm³/mol. The molecule has 0 amide bonds. The third-order valence-corrected chi connectivity index (χ3v) is 4.94. The van der Waals surface area contributed by atoms with Crippen LogP contribution in [0.15, 0.2) is 39.9 Å². The molecule has 25 heavy (non-hydrogen) atoms. The van der Waals surface area contributed by atoms with Gasteiger partial charge in [0.1, 0.15) is 19.4 Å². The quantitative estimate of drug-likeness (QED) is 0.641. The molecule has 0 radical (unpaired) electrons. The first kappa shape index (κ1) is 16.4. The summed E-state index contributed by atoms with van der Waals surface area (Å²) >= 11 is 3.41. The maximum absolute atomic E-state index is 12.7. The number of aromatic nitrogens is 5. The monoisotopic (exact) mass is 405 g/mol. The summed E-state index contributed by atoms with van der Waals surface area (Å²) < 4.78 is 9.53. The number of benzene rings is 1. The standard InChI is InChI=1S/C16H17BrN6O2/c17-12-1-3-13(4-2-12)23-15-14(19-20-23)16(24)22(11-18-15)6-5-21-7-9-25-10-8-21/h1-4,11H,5-10H2/p+1. The fourth-order valence-corrected chi connectivity index (χ4v) is 3.21. The smallest absolute Gasteiger partial charge is 0.283 e. The normalized spacial score (nSPS) is 15.7. The number of hydrogen-bond donors (Lipinski definition) is 1. The van der Waals surface area contributed by atoms with Crippen molar-refractivity contribution in [1.29, 1.82) is 0 Å². The van der Waals surface area contributed by atoms with Gasteiger partial charge in [-0.25, -0.2) is 4.98 Å². The molecule has 4 rings (SSSR count). The van der Waals surface area contributed by atoms with Crippen LogP contribution in [0.4, 0.5) is 0 Å². The zero-order valence-corrected chi connectivity index (χ0v) is 15.1. The van der Waals surface area contributed by atoms with Crippen LogP contribution in [0.3, 0.4) is 0 Å². The molecule has 1 aromatic carbocycles. The van der Waals surface area contributed by atoms with E-state index in [1.54, 1.807) is 15.6 Å². The van der Waals surface area contributed by atoms with Crippen LogP contribution < -0.4 is 10.5 Å². The van der Waals surface area contributed by atoms with E-state index in [0.29, 0.717) is 17.7 Å². The second-order valence-corrected chi connectivity index (χ2v) is 6.92.